The van der Waals surface area contributed by atoms with Gasteiger partial charge in [-0.1, -0.05) is 26.3 Å². The van der Waals surface area contributed by atoms with Crippen molar-refractivity contribution < 1.29 is 4.79 Å². The van der Waals surface area contributed by atoms with Crippen LogP contribution < -0.4 is 16.2 Å². The number of hydrogen-bond acceptors (Lipinski definition) is 3. The molecule has 1 aromatic rings. The van der Waals surface area contributed by atoms with Gasteiger partial charge >= 0.3 is 0 Å². The van der Waals surface area contributed by atoms with Crippen molar-refractivity contribution in [2.75, 3.05) is 4.90 Å². The molecule has 0 bridgehead atoms. The molecule has 0 saturated carbocycles. The largest absolute Gasteiger partial charge is 0.354 e. The van der Waals surface area contributed by atoms with Gasteiger partial charge in [0.05, 0.1) is 0 Å². The topological polar surface area (TPSA) is 58.4 Å². The minimum atomic E-state index is -0.228. The van der Waals surface area contributed by atoms with Crippen LogP contribution in [0.25, 0.3) is 0 Å². The predicted molar refractivity (Wildman–Crippen MR) is 96.5 cm³/mol. The first kappa shape index (κ1) is 17.8. The number of benzene rings is 1. The molecule has 1 aromatic carbocycles. The molecular weight excluding hydrogens is 286 g/mol. The van der Waals surface area contributed by atoms with Gasteiger partial charge in [-0.3, -0.25) is 10.2 Å². The van der Waals surface area contributed by atoms with Crippen LogP contribution in [0.15, 0.2) is 12.1 Å². The second kappa shape index (κ2) is 6.52. The van der Waals surface area contributed by atoms with Crippen molar-refractivity contribution in [2.24, 2.45) is 5.84 Å². The van der Waals surface area contributed by atoms with E-state index in [1.54, 1.807) is 0 Å². The minimum Gasteiger partial charge on any atom is -0.354 e. The summed E-state index contributed by atoms with van der Waals surface area (Å²) in [5.74, 6) is 5.86. The molecule has 23 heavy (non-hydrogen) atoms. The van der Waals surface area contributed by atoms with Crippen LogP contribution in [0.4, 0.5) is 5.69 Å². The molecule has 1 heterocycles. The van der Waals surface area contributed by atoms with Crippen molar-refractivity contribution in [3.05, 3.63) is 28.8 Å². The quantitative estimate of drug-likeness (QED) is 0.507. The van der Waals surface area contributed by atoms with Gasteiger partial charge in [0.1, 0.15) is 6.04 Å². The normalized spacial score (nSPS) is 20.8. The smallest absolute Gasteiger partial charge is 0.256 e. The fourth-order valence-electron chi connectivity index (χ4n) is 4.05. The van der Waals surface area contributed by atoms with Gasteiger partial charge < -0.3 is 4.90 Å². The number of nitrogens with two attached hydrogens (primary N) is 1. The lowest BCUT2D eigenvalue weighted by Gasteiger charge is -2.51. The molecule has 0 saturated heterocycles. The van der Waals surface area contributed by atoms with Crippen LogP contribution in [0.1, 0.15) is 69.6 Å². The first-order valence-corrected chi connectivity index (χ1v) is 8.63. The van der Waals surface area contributed by atoms with E-state index in [9.17, 15) is 4.79 Å². The van der Waals surface area contributed by atoms with Gasteiger partial charge in [-0.05, 0) is 69.2 Å². The van der Waals surface area contributed by atoms with E-state index < -0.39 is 0 Å². The number of hydrogen-bond donors (Lipinski definition) is 2. The molecule has 4 nitrogen and oxygen atoms in total. The Bertz CT molecular complexity index is 595. The number of rotatable bonds is 4. The third kappa shape index (κ3) is 3.23. The summed E-state index contributed by atoms with van der Waals surface area (Å²) in [4.78, 5) is 14.8. The van der Waals surface area contributed by atoms with E-state index in [0.29, 0.717) is 5.92 Å². The van der Waals surface area contributed by atoms with Gasteiger partial charge in [0.2, 0.25) is 0 Å². The first-order valence-electron chi connectivity index (χ1n) is 8.63. The maximum absolute atomic E-state index is 12.5. The molecule has 1 aliphatic rings. The standard InChI is InChI=1S/C19H31N3O/c1-7-8-16(18(23)21-20)22-17-10-13(3)12(2)9-15(17)14(4)11-19(22,5)6/h9-10,14,16H,7-8,11,20H2,1-6H3,(H,21,23). The van der Waals surface area contributed by atoms with Crippen LogP contribution in [0.2, 0.25) is 0 Å². The summed E-state index contributed by atoms with van der Waals surface area (Å²) >= 11 is 0. The van der Waals surface area contributed by atoms with Crippen LogP contribution in [0, 0.1) is 13.8 Å². The SMILES string of the molecule is CCCC(C(=O)NN)N1c2cc(C)c(C)cc2C(C)CC1(C)C. The van der Waals surface area contributed by atoms with E-state index in [0.717, 1.165) is 19.3 Å². The molecule has 0 radical (unpaired) electrons. The lowest BCUT2D eigenvalue weighted by Crippen LogP contribution is -2.59. The highest BCUT2D eigenvalue weighted by Crippen LogP contribution is 2.45. The van der Waals surface area contributed by atoms with Gasteiger partial charge in [-0.2, -0.15) is 0 Å². The zero-order valence-electron chi connectivity index (χ0n) is 15.4. The van der Waals surface area contributed by atoms with Gasteiger partial charge in [0.25, 0.3) is 5.91 Å². The van der Waals surface area contributed by atoms with Crippen LogP contribution >= 0.6 is 0 Å². The Morgan fingerprint density at radius 1 is 1.39 bits per heavy atom. The second-order valence-corrected chi connectivity index (χ2v) is 7.60. The van der Waals surface area contributed by atoms with Gasteiger partial charge in [0, 0.05) is 11.2 Å². The van der Waals surface area contributed by atoms with Crippen molar-refractivity contribution in [2.45, 2.75) is 78.3 Å². The van der Waals surface area contributed by atoms with E-state index >= 15 is 0 Å². The summed E-state index contributed by atoms with van der Waals surface area (Å²) in [6.07, 6.45) is 2.77. The zero-order valence-corrected chi connectivity index (χ0v) is 15.4. The Kier molecular flexibility index (Phi) is 5.04. The molecule has 2 atom stereocenters. The number of nitrogens with one attached hydrogen (secondary N) is 1. The molecule has 1 amide bonds. The number of carbonyl (C=O) groups is 1. The van der Waals surface area contributed by atoms with Gasteiger partial charge in [-0.15, -0.1) is 0 Å². The zero-order chi connectivity index (χ0) is 17.4. The van der Waals surface area contributed by atoms with E-state index in [1.807, 2.05) is 0 Å². The van der Waals surface area contributed by atoms with Crippen LogP contribution in [-0.2, 0) is 4.79 Å². The van der Waals surface area contributed by atoms with Crippen LogP contribution in [0.3, 0.4) is 0 Å². The number of aryl methyl sites for hydroxylation is 2. The van der Waals surface area contributed by atoms with Crippen LogP contribution in [-0.4, -0.2) is 17.5 Å². The monoisotopic (exact) mass is 317 g/mol. The minimum absolute atomic E-state index is 0.0829. The Balaban J connectivity index is 2.62. The summed E-state index contributed by atoms with van der Waals surface area (Å²) in [6.45, 7) is 13.1. The molecule has 0 aliphatic carbocycles. The van der Waals surface area contributed by atoms with Gasteiger partial charge in [0.15, 0.2) is 0 Å². The van der Waals surface area contributed by atoms with E-state index in [1.165, 1.54) is 22.4 Å². The fourth-order valence-corrected chi connectivity index (χ4v) is 4.05. The first-order chi connectivity index (χ1) is 10.7. The molecular formula is C19H31N3O. The maximum atomic E-state index is 12.5. The summed E-state index contributed by atoms with van der Waals surface area (Å²) in [5.41, 5.74) is 7.41. The van der Waals surface area contributed by atoms with Crippen molar-refractivity contribution >= 4 is 11.6 Å². The van der Waals surface area contributed by atoms with E-state index in [2.05, 4.69) is 64.0 Å². The Hall–Kier alpha value is -1.55. The fraction of sp³-hybridized carbons (Fsp3) is 0.632. The van der Waals surface area contributed by atoms with Crippen LogP contribution in [0.5, 0.6) is 0 Å². The maximum Gasteiger partial charge on any atom is 0.256 e. The highest BCUT2D eigenvalue weighted by Gasteiger charge is 2.42. The highest BCUT2D eigenvalue weighted by atomic mass is 16.2. The van der Waals surface area contributed by atoms with Crippen molar-refractivity contribution in [1.82, 2.24) is 5.43 Å². The average molecular weight is 317 g/mol. The molecule has 0 fully saturated rings. The van der Waals surface area contributed by atoms with Crippen molar-refractivity contribution in [3.8, 4) is 0 Å². The summed E-state index contributed by atoms with van der Waals surface area (Å²) in [7, 11) is 0. The number of anilines is 1. The Morgan fingerprint density at radius 3 is 2.57 bits per heavy atom. The second-order valence-electron chi connectivity index (χ2n) is 7.60. The molecule has 0 spiro atoms. The lowest BCUT2D eigenvalue weighted by atomic mass is 9.77. The molecule has 3 N–H and O–H groups in total. The average Bonchev–Trinajstić information content (AvgIpc) is 2.47. The lowest BCUT2D eigenvalue weighted by molar-refractivity contribution is -0.123. The number of nitrogens with zero attached hydrogens (tertiary/aromatic N) is 1. The summed E-state index contributed by atoms with van der Waals surface area (Å²) < 4.78 is 0. The number of carbonyl (C=O) groups excluding carboxylic acids is 1. The van der Waals surface area contributed by atoms with Gasteiger partial charge in [-0.25, -0.2) is 5.84 Å². The third-order valence-corrected chi connectivity index (χ3v) is 5.21. The molecule has 4 heteroatoms. The van der Waals surface area contributed by atoms with E-state index in [-0.39, 0.29) is 17.5 Å². The predicted octanol–water partition coefficient (Wildman–Crippen LogP) is 3.55. The third-order valence-electron chi connectivity index (χ3n) is 5.21. The summed E-state index contributed by atoms with van der Waals surface area (Å²) in [6, 6.07) is 4.31. The number of amides is 1. The molecule has 2 rings (SSSR count). The number of hydrazine groups is 1. The Labute approximate surface area is 140 Å². The molecule has 0 aromatic heterocycles. The van der Waals surface area contributed by atoms with Crippen molar-refractivity contribution in [3.63, 3.8) is 0 Å². The highest BCUT2D eigenvalue weighted by molar-refractivity contribution is 5.86. The molecule has 128 valence electrons. The molecule has 2 unspecified atom stereocenters. The molecule has 1 aliphatic heterocycles. The summed E-state index contributed by atoms with van der Waals surface area (Å²) in [5, 5.41) is 0. The van der Waals surface area contributed by atoms with Crippen molar-refractivity contribution in [1.29, 1.82) is 0 Å². The van der Waals surface area contributed by atoms with E-state index in [4.69, 9.17) is 5.84 Å². The Morgan fingerprint density at radius 2 is 2.00 bits per heavy atom. The number of fused-ring (bicyclic) bond motifs is 1.